The Labute approximate surface area is 105 Å². The zero-order valence-electron chi connectivity index (χ0n) is 9.13. The van der Waals surface area contributed by atoms with Gasteiger partial charge in [-0.15, -0.1) is 0 Å². The van der Waals surface area contributed by atoms with Crippen molar-refractivity contribution in [3.8, 4) is 0 Å². The second-order valence-corrected chi connectivity index (χ2v) is 4.64. The van der Waals surface area contributed by atoms with Crippen LogP contribution in [0.5, 0.6) is 0 Å². The number of hydrogen-bond donors (Lipinski definition) is 0. The first-order valence-electron chi connectivity index (χ1n) is 5.41. The summed E-state index contributed by atoms with van der Waals surface area (Å²) in [6, 6.07) is 5.52. The van der Waals surface area contributed by atoms with Crippen molar-refractivity contribution in [1.29, 1.82) is 0 Å². The van der Waals surface area contributed by atoms with Gasteiger partial charge in [-0.25, -0.2) is 0 Å². The lowest BCUT2D eigenvalue weighted by Gasteiger charge is -2.27. The van der Waals surface area contributed by atoms with Crippen LogP contribution in [0.4, 0.5) is 0 Å². The van der Waals surface area contributed by atoms with Crippen molar-refractivity contribution in [2.24, 2.45) is 0 Å². The van der Waals surface area contributed by atoms with Gasteiger partial charge in [0.05, 0.1) is 23.3 Å². The molecular formula is C12H14Cl2O2. The Kier molecular flexibility index (Phi) is 3.75. The second-order valence-electron chi connectivity index (χ2n) is 3.83. The molecule has 1 fully saturated rings. The van der Waals surface area contributed by atoms with Crippen LogP contribution < -0.4 is 0 Å². The minimum Gasteiger partial charge on any atom is -0.343 e. The van der Waals surface area contributed by atoms with Gasteiger partial charge in [0.1, 0.15) is 0 Å². The fourth-order valence-electron chi connectivity index (χ4n) is 1.97. The summed E-state index contributed by atoms with van der Waals surface area (Å²) in [6.45, 7) is 3.35. The van der Waals surface area contributed by atoms with E-state index in [1.165, 1.54) is 0 Å². The van der Waals surface area contributed by atoms with Crippen LogP contribution in [-0.2, 0) is 15.3 Å². The predicted molar refractivity (Wildman–Crippen MR) is 65.0 cm³/mol. The number of rotatable bonds is 3. The zero-order chi connectivity index (χ0) is 11.6. The first-order valence-corrected chi connectivity index (χ1v) is 6.17. The molecule has 1 aliphatic rings. The molecule has 1 saturated heterocycles. The van der Waals surface area contributed by atoms with Crippen molar-refractivity contribution >= 4 is 23.2 Å². The molecule has 1 aromatic carbocycles. The summed E-state index contributed by atoms with van der Waals surface area (Å²) in [5.74, 6) is -0.622. The van der Waals surface area contributed by atoms with E-state index in [-0.39, 0.29) is 0 Å². The smallest absolute Gasteiger partial charge is 0.195 e. The molecule has 0 amide bonds. The molecule has 1 aliphatic heterocycles. The van der Waals surface area contributed by atoms with Crippen molar-refractivity contribution in [1.82, 2.24) is 0 Å². The van der Waals surface area contributed by atoms with Crippen molar-refractivity contribution in [3.63, 3.8) is 0 Å². The van der Waals surface area contributed by atoms with Gasteiger partial charge in [0.15, 0.2) is 5.79 Å². The van der Waals surface area contributed by atoms with E-state index in [9.17, 15) is 0 Å². The van der Waals surface area contributed by atoms with E-state index in [4.69, 9.17) is 32.7 Å². The fourth-order valence-corrected chi connectivity index (χ4v) is 2.27. The van der Waals surface area contributed by atoms with Crippen LogP contribution in [0.1, 0.15) is 25.3 Å². The van der Waals surface area contributed by atoms with E-state index < -0.39 is 5.79 Å². The third-order valence-electron chi connectivity index (χ3n) is 2.69. The third-order valence-corrected chi connectivity index (χ3v) is 3.43. The lowest BCUT2D eigenvalue weighted by molar-refractivity contribution is -0.170. The predicted octanol–water partition coefficient (Wildman–Crippen LogP) is 3.99. The highest BCUT2D eigenvalue weighted by atomic mass is 35.5. The van der Waals surface area contributed by atoms with Crippen molar-refractivity contribution in [2.75, 3.05) is 13.2 Å². The monoisotopic (exact) mass is 260 g/mol. The molecule has 0 atom stereocenters. The van der Waals surface area contributed by atoms with Crippen LogP contribution in [0.2, 0.25) is 10.0 Å². The minimum absolute atomic E-state index is 0.536. The summed E-state index contributed by atoms with van der Waals surface area (Å²) in [6.07, 6.45) is 1.81. The van der Waals surface area contributed by atoms with Crippen LogP contribution in [-0.4, -0.2) is 13.2 Å². The molecule has 2 rings (SSSR count). The molecule has 2 nitrogen and oxygen atoms in total. The minimum atomic E-state index is -0.622. The summed E-state index contributed by atoms with van der Waals surface area (Å²) >= 11 is 11.9. The fraction of sp³-hybridized carbons (Fsp3) is 0.500. The molecule has 1 aromatic rings. The van der Waals surface area contributed by atoms with E-state index in [1.807, 2.05) is 12.1 Å². The third kappa shape index (κ3) is 2.21. The maximum atomic E-state index is 6.01. The van der Waals surface area contributed by atoms with Gasteiger partial charge < -0.3 is 9.47 Å². The standard InChI is InChI=1S/C12H14Cl2O2/c1-2-5-12(15-6-7-16-12)9-3-4-10(13)11(14)8-9/h3-4,8H,2,5-7H2,1H3. The van der Waals surface area contributed by atoms with Gasteiger partial charge in [0.2, 0.25) is 0 Å². The Morgan fingerprint density at radius 2 is 1.88 bits per heavy atom. The number of benzene rings is 1. The summed E-state index contributed by atoms with van der Waals surface area (Å²) in [4.78, 5) is 0. The van der Waals surface area contributed by atoms with E-state index in [1.54, 1.807) is 6.07 Å². The van der Waals surface area contributed by atoms with Crippen molar-refractivity contribution in [2.45, 2.75) is 25.6 Å². The van der Waals surface area contributed by atoms with Crippen LogP contribution in [0.25, 0.3) is 0 Å². The quantitative estimate of drug-likeness (QED) is 0.818. The maximum Gasteiger partial charge on any atom is 0.195 e. The summed E-state index contributed by atoms with van der Waals surface area (Å²) < 4.78 is 11.5. The van der Waals surface area contributed by atoms with E-state index in [2.05, 4.69) is 6.92 Å². The highest BCUT2D eigenvalue weighted by Crippen LogP contribution is 2.38. The van der Waals surface area contributed by atoms with Gasteiger partial charge in [-0.2, -0.15) is 0 Å². The van der Waals surface area contributed by atoms with E-state index in [0.29, 0.717) is 23.3 Å². The Hall–Kier alpha value is -0.280. The normalized spacial score (nSPS) is 18.9. The lowest BCUT2D eigenvalue weighted by Crippen LogP contribution is -2.26. The molecule has 0 spiro atoms. The lowest BCUT2D eigenvalue weighted by atomic mass is 10.0. The van der Waals surface area contributed by atoms with Gasteiger partial charge in [0.25, 0.3) is 0 Å². The summed E-state index contributed by atoms with van der Waals surface area (Å²) in [5, 5.41) is 1.09. The SMILES string of the molecule is CCCC1(c2ccc(Cl)c(Cl)c2)OCCO1. The van der Waals surface area contributed by atoms with Gasteiger partial charge in [-0.1, -0.05) is 42.6 Å². The second kappa shape index (κ2) is 4.92. The highest BCUT2D eigenvalue weighted by Gasteiger charge is 2.37. The van der Waals surface area contributed by atoms with Crippen LogP contribution in [0, 0.1) is 0 Å². The molecule has 0 saturated carbocycles. The van der Waals surface area contributed by atoms with Crippen LogP contribution in [0.15, 0.2) is 18.2 Å². The molecule has 16 heavy (non-hydrogen) atoms. The molecular weight excluding hydrogens is 247 g/mol. The molecule has 0 radical (unpaired) electrons. The molecule has 0 N–H and O–H groups in total. The van der Waals surface area contributed by atoms with Crippen LogP contribution >= 0.6 is 23.2 Å². The van der Waals surface area contributed by atoms with Gasteiger partial charge >= 0.3 is 0 Å². The molecule has 0 bridgehead atoms. The van der Waals surface area contributed by atoms with Gasteiger partial charge in [-0.3, -0.25) is 0 Å². The molecule has 0 unspecified atom stereocenters. The number of ether oxygens (including phenoxy) is 2. The van der Waals surface area contributed by atoms with Crippen molar-refractivity contribution < 1.29 is 9.47 Å². The largest absolute Gasteiger partial charge is 0.343 e. The average molecular weight is 261 g/mol. The molecule has 0 aliphatic carbocycles. The van der Waals surface area contributed by atoms with E-state index in [0.717, 1.165) is 18.4 Å². The topological polar surface area (TPSA) is 18.5 Å². The first kappa shape index (κ1) is 12.2. The molecule has 4 heteroatoms. The van der Waals surface area contributed by atoms with E-state index >= 15 is 0 Å². The molecule has 1 heterocycles. The highest BCUT2D eigenvalue weighted by molar-refractivity contribution is 6.42. The Morgan fingerprint density at radius 1 is 1.19 bits per heavy atom. The maximum absolute atomic E-state index is 6.01. The van der Waals surface area contributed by atoms with Crippen molar-refractivity contribution in [3.05, 3.63) is 33.8 Å². The Bertz CT molecular complexity index is 373. The first-order chi connectivity index (χ1) is 7.68. The summed E-state index contributed by atoms with van der Waals surface area (Å²) in [7, 11) is 0. The van der Waals surface area contributed by atoms with Gasteiger partial charge in [0, 0.05) is 12.0 Å². The average Bonchev–Trinajstić information content (AvgIpc) is 2.72. The Morgan fingerprint density at radius 3 is 2.44 bits per heavy atom. The molecule has 0 aromatic heterocycles. The van der Waals surface area contributed by atoms with Gasteiger partial charge in [-0.05, 0) is 12.1 Å². The molecule has 88 valence electrons. The zero-order valence-corrected chi connectivity index (χ0v) is 10.6. The summed E-state index contributed by atoms with van der Waals surface area (Å²) in [5.41, 5.74) is 0.946. The number of halogens is 2. The van der Waals surface area contributed by atoms with Crippen LogP contribution in [0.3, 0.4) is 0 Å². The Balaban J connectivity index is 2.35. The number of hydrogen-bond acceptors (Lipinski definition) is 2.